The first-order chi connectivity index (χ1) is 10.0. The van der Waals surface area contributed by atoms with E-state index in [9.17, 15) is 13.2 Å². The maximum atomic E-state index is 12.7. The van der Waals surface area contributed by atoms with Crippen LogP contribution in [-0.2, 0) is 24.3 Å². The van der Waals surface area contributed by atoms with Gasteiger partial charge in [0.05, 0.1) is 24.9 Å². The Kier molecular flexibility index (Phi) is 5.82. The average molecular weight is 325 g/mol. The third-order valence-corrected chi connectivity index (χ3v) is 3.51. The molecule has 0 aliphatic carbocycles. The molecule has 2 atom stereocenters. The molecular formula is C12H14F3NO4S. The molecule has 118 valence electrons. The molecule has 9 heteroatoms. The normalized spacial score (nSPS) is 23.2. The lowest BCUT2D eigenvalue weighted by Gasteiger charge is -2.28. The van der Waals surface area contributed by atoms with Crippen LogP contribution >= 0.6 is 12.3 Å². The van der Waals surface area contributed by atoms with Crippen molar-refractivity contribution in [1.82, 2.24) is 4.98 Å². The van der Waals surface area contributed by atoms with Crippen molar-refractivity contribution in [3.63, 3.8) is 0 Å². The van der Waals surface area contributed by atoms with Crippen molar-refractivity contribution < 1.29 is 31.3 Å². The van der Waals surface area contributed by atoms with Crippen LogP contribution in [-0.4, -0.2) is 24.8 Å². The van der Waals surface area contributed by atoms with E-state index in [0.29, 0.717) is 37.3 Å². The molecule has 1 fully saturated rings. The minimum absolute atomic E-state index is 0.196. The molecule has 21 heavy (non-hydrogen) atoms. The molecular weight excluding hydrogens is 311 g/mol. The summed E-state index contributed by atoms with van der Waals surface area (Å²) < 4.78 is 53.4. The fourth-order valence-electron chi connectivity index (χ4n) is 1.97. The van der Waals surface area contributed by atoms with Gasteiger partial charge in [-0.15, -0.1) is 4.33 Å². The predicted molar refractivity (Wildman–Crippen MR) is 67.7 cm³/mol. The third-order valence-electron chi connectivity index (χ3n) is 2.97. The van der Waals surface area contributed by atoms with E-state index in [1.165, 1.54) is 13.3 Å². The van der Waals surface area contributed by atoms with Crippen molar-refractivity contribution in [2.24, 2.45) is 0 Å². The Bertz CT molecular complexity index is 460. The van der Waals surface area contributed by atoms with Crippen LogP contribution in [0.1, 0.15) is 30.1 Å². The molecule has 0 spiro atoms. The highest BCUT2D eigenvalue weighted by Gasteiger charge is 2.33. The van der Waals surface area contributed by atoms with Gasteiger partial charge in [0.15, 0.2) is 12.3 Å². The second-order valence-corrected chi connectivity index (χ2v) is 4.87. The molecule has 2 unspecified atom stereocenters. The van der Waals surface area contributed by atoms with Crippen LogP contribution < -0.4 is 0 Å². The number of rotatable bonds is 5. The molecule has 2 rings (SSSR count). The molecule has 5 nitrogen and oxygen atoms in total. The number of ether oxygens (including phenoxy) is 1. The number of alkyl halides is 3. The molecule has 0 aromatic carbocycles. The fourth-order valence-corrected chi connectivity index (χ4v) is 2.35. The van der Waals surface area contributed by atoms with E-state index in [0.717, 1.165) is 12.3 Å². The lowest BCUT2D eigenvalue weighted by molar-refractivity contribution is -0.169. The Hall–Kier alpha value is -0.870. The van der Waals surface area contributed by atoms with E-state index >= 15 is 0 Å². The van der Waals surface area contributed by atoms with Gasteiger partial charge in [0, 0.05) is 25.4 Å². The number of hydrogen-bond acceptors (Lipinski definition) is 6. The Labute approximate surface area is 124 Å². The molecule has 2 heterocycles. The van der Waals surface area contributed by atoms with E-state index in [1.54, 1.807) is 0 Å². The molecule has 0 bridgehead atoms. The number of aromatic nitrogens is 1. The van der Waals surface area contributed by atoms with Gasteiger partial charge in [-0.2, -0.15) is 13.2 Å². The molecule has 1 aromatic rings. The van der Waals surface area contributed by atoms with Gasteiger partial charge in [-0.25, -0.2) is 4.89 Å². The zero-order valence-electron chi connectivity index (χ0n) is 11.1. The fraction of sp³-hybridized carbons (Fsp3) is 0.583. The van der Waals surface area contributed by atoms with E-state index in [1.807, 2.05) is 0 Å². The van der Waals surface area contributed by atoms with Crippen molar-refractivity contribution in [2.45, 2.75) is 31.2 Å². The Morgan fingerprint density at radius 1 is 1.38 bits per heavy atom. The largest absolute Gasteiger partial charge is 0.417 e. The highest BCUT2D eigenvalue weighted by atomic mass is 32.2. The van der Waals surface area contributed by atoms with Gasteiger partial charge in [-0.3, -0.25) is 9.17 Å². The van der Waals surface area contributed by atoms with Gasteiger partial charge >= 0.3 is 6.18 Å². The highest BCUT2D eigenvalue weighted by molar-refractivity contribution is 7.89. The zero-order chi connectivity index (χ0) is 15.3. The number of halogens is 3. The maximum Gasteiger partial charge on any atom is 0.417 e. The van der Waals surface area contributed by atoms with Gasteiger partial charge in [-0.1, -0.05) is 0 Å². The van der Waals surface area contributed by atoms with Gasteiger partial charge in [0.2, 0.25) is 0 Å². The minimum atomic E-state index is -4.42. The molecule has 0 N–H and O–H groups in total. The SMILES string of the molecule is COOSOC1CCOC(c2cncc(C(F)(F)F)c2)C1. The van der Waals surface area contributed by atoms with Crippen molar-refractivity contribution in [3.8, 4) is 0 Å². The predicted octanol–water partition coefficient (Wildman–Crippen LogP) is 3.48. The van der Waals surface area contributed by atoms with Crippen LogP contribution in [0.4, 0.5) is 13.2 Å². The lowest BCUT2D eigenvalue weighted by atomic mass is 10.00. The molecule has 0 saturated carbocycles. The van der Waals surface area contributed by atoms with Crippen LogP contribution in [0.3, 0.4) is 0 Å². The van der Waals surface area contributed by atoms with E-state index < -0.39 is 17.8 Å². The summed E-state index contributed by atoms with van der Waals surface area (Å²) in [6.07, 6.45) is -1.88. The van der Waals surface area contributed by atoms with E-state index in [4.69, 9.17) is 8.92 Å². The number of pyridine rings is 1. The highest BCUT2D eigenvalue weighted by Crippen LogP contribution is 2.34. The third kappa shape index (κ3) is 4.82. The number of hydrogen-bond donors (Lipinski definition) is 0. The molecule has 0 amide bonds. The average Bonchev–Trinajstić information content (AvgIpc) is 2.47. The lowest BCUT2D eigenvalue weighted by Crippen LogP contribution is -2.25. The quantitative estimate of drug-likeness (QED) is 0.357. The van der Waals surface area contributed by atoms with Gasteiger partial charge < -0.3 is 4.74 Å². The summed E-state index contributed by atoms with van der Waals surface area (Å²) in [7, 11) is 1.34. The summed E-state index contributed by atoms with van der Waals surface area (Å²) in [5.74, 6) is 0. The molecule has 0 radical (unpaired) electrons. The van der Waals surface area contributed by atoms with Crippen LogP contribution in [0.25, 0.3) is 0 Å². The summed E-state index contributed by atoms with van der Waals surface area (Å²) in [6.45, 7) is 0.388. The van der Waals surface area contributed by atoms with Crippen LogP contribution in [0.5, 0.6) is 0 Å². The van der Waals surface area contributed by atoms with Crippen molar-refractivity contribution in [3.05, 3.63) is 29.6 Å². The van der Waals surface area contributed by atoms with Gasteiger partial charge in [0.25, 0.3) is 0 Å². The standard InChI is InChI=1S/C12H14F3NO4S/c1-17-20-21-19-10-2-3-18-11(5-10)8-4-9(7-16-6-8)12(13,14)15/h4,6-7,10-11H,2-3,5H2,1H3. The van der Waals surface area contributed by atoms with Crippen LogP contribution in [0.2, 0.25) is 0 Å². The molecule has 1 aliphatic rings. The summed E-state index contributed by atoms with van der Waals surface area (Å²) in [5.41, 5.74) is -0.403. The molecule has 1 aromatic heterocycles. The second-order valence-electron chi connectivity index (χ2n) is 4.41. The molecule has 1 saturated heterocycles. The summed E-state index contributed by atoms with van der Waals surface area (Å²) in [6, 6.07) is 1.05. The Morgan fingerprint density at radius 2 is 2.19 bits per heavy atom. The van der Waals surface area contributed by atoms with Crippen molar-refractivity contribution in [2.75, 3.05) is 13.7 Å². The smallest absolute Gasteiger partial charge is 0.373 e. The Balaban J connectivity index is 2.00. The van der Waals surface area contributed by atoms with Crippen LogP contribution in [0.15, 0.2) is 18.5 Å². The zero-order valence-corrected chi connectivity index (χ0v) is 11.9. The first-order valence-electron chi connectivity index (χ1n) is 6.17. The maximum absolute atomic E-state index is 12.7. The summed E-state index contributed by atoms with van der Waals surface area (Å²) in [4.78, 5) is 8.01. The van der Waals surface area contributed by atoms with Crippen molar-refractivity contribution >= 4 is 12.3 Å². The summed E-state index contributed by atoms with van der Waals surface area (Å²) in [5, 5.41) is 0. The second kappa shape index (κ2) is 7.41. The Morgan fingerprint density at radius 3 is 2.90 bits per heavy atom. The summed E-state index contributed by atoms with van der Waals surface area (Å²) >= 11 is 0.691. The van der Waals surface area contributed by atoms with Crippen molar-refractivity contribution in [1.29, 1.82) is 0 Å². The monoisotopic (exact) mass is 325 g/mol. The van der Waals surface area contributed by atoms with Gasteiger partial charge in [0.1, 0.15) is 0 Å². The van der Waals surface area contributed by atoms with Crippen LogP contribution in [0, 0.1) is 0 Å². The van der Waals surface area contributed by atoms with E-state index in [-0.39, 0.29) is 6.10 Å². The first kappa shape index (κ1) is 16.5. The number of nitrogens with zero attached hydrogens (tertiary/aromatic N) is 1. The molecule has 1 aliphatic heterocycles. The minimum Gasteiger partial charge on any atom is -0.373 e. The topological polar surface area (TPSA) is 49.8 Å². The van der Waals surface area contributed by atoms with E-state index in [2.05, 4.69) is 14.2 Å². The first-order valence-corrected chi connectivity index (χ1v) is 6.84. The van der Waals surface area contributed by atoms with Gasteiger partial charge in [-0.05, 0) is 18.1 Å².